The highest BCUT2D eigenvalue weighted by atomic mass is 32.2. The van der Waals surface area contributed by atoms with Gasteiger partial charge in [0.15, 0.2) is 0 Å². The summed E-state index contributed by atoms with van der Waals surface area (Å²) >= 11 is 0. The molecule has 3 rings (SSSR count). The molecule has 0 unspecified atom stereocenters. The molecular weight excluding hydrogens is 510 g/mol. The summed E-state index contributed by atoms with van der Waals surface area (Å²) in [5.41, 5.74) is 5.01. The molecule has 0 spiro atoms. The Kier molecular flexibility index (Phi) is 10.3. The Morgan fingerprint density at radius 2 is 1.49 bits per heavy atom. The molecule has 3 aromatic rings. The molecule has 0 aromatic heterocycles. The van der Waals surface area contributed by atoms with Crippen LogP contribution in [0.1, 0.15) is 41.2 Å². The summed E-state index contributed by atoms with van der Waals surface area (Å²) in [5.74, 6) is -0.715. The summed E-state index contributed by atoms with van der Waals surface area (Å²) in [6, 6.07) is 21.9. The van der Waals surface area contributed by atoms with E-state index in [0.29, 0.717) is 18.7 Å². The molecular formula is C31H39N3O4S. The maximum Gasteiger partial charge on any atom is 0.244 e. The van der Waals surface area contributed by atoms with Crippen LogP contribution >= 0.6 is 0 Å². The largest absolute Gasteiger partial charge is 0.354 e. The van der Waals surface area contributed by atoms with E-state index in [2.05, 4.69) is 5.32 Å². The topological polar surface area (TPSA) is 86.8 Å². The standard InChI is InChI=1S/C31H39N3O4S/c1-6-15-32-31(36)29(20-26-12-8-7-9-13-26)33(21-27-14-10-11-23(2)17-27)30(35)22-34(39(5,37)38)28-18-24(3)16-25(4)19-28/h7-14,16-19,29H,6,15,20-22H2,1-5H3,(H,32,36)/t29-/m1/s1. The van der Waals surface area contributed by atoms with Crippen LogP contribution in [0.2, 0.25) is 0 Å². The Hall–Kier alpha value is -3.65. The Balaban J connectivity index is 2.06. The van der Waals surface area contributed by atoms with Crippen molar-refractivity contribution in [2.45, 2.75) is 53.1 Å². The van der Waals surface area contributed by atoms with E-state index >= 15 is 0 Å². The smallest absolute Gasteiger partial charge is 0.244 e. The van der Waals surface area contributed by atoms with Crippen molar-refractivity contribution < 1.29 is 18.0 Å². The van der Waals surface area contributed by atoms with Crippen LogP contribution in [0.3, 0.4) is 0 Å². The van der Waals surface area contributed by atoms with Crippen molar-refractivity contribution in [3.8, 4) is 0 Å². The molecule has 0 fully saturated rings. The number of carbonyl (C=O) groups excluding carboxylic acids is 2. The fourth-order valence-corrected chi connectivity index (χ4v) is 5.47. The number of aryl methyl sites for hydroxylation is 3. The number of benzene rings is 3. The van der Waals surface area contributed by atoms with E-state index in [0.717, 1.165) is 44.8 Å². The number of hydrogen-bond donors (Lipinski definition) is 1. The van der Waals surface area contributed by atoms with Gasteiger partial charge in [-0.1, -0.05) is 73.2 Å². The highest BCUT2D eigenvalue weighted by molar-refractivity contribution is 7.92. The van der Waals surface area contributed by atoms with Crippen molar-refractivity contribution in [1.82, 2.24) is 10.2 Å². The molecule has 7 nitrogen and oxygen atoms in total. The van der Waals surface area contributed by atoms with Gasteiger partial charge in [-0.3, -0.25) is 13.9 Å². The van der Waals surface area contributed by atoms with Crippen LogP contribution in [0.5, 0.6) is 0 Å². The molecule has 8 heteroatoms. The Morgan fingerprint density at radius 3 is 2.08 bits per heavy atom. The van der Waals surface area contributed by atoms with Gasteiger partial charge in [-0.15, -0.1) is 0 Å². The minimum atomic E-state index is -3.79. The van der Waals surface area contributed by atoms with Gasteiger partial charge in [0.2, 0.25) is 21.8 Å². The van der Waals surface area contributed by atoms with Crippen molar-refractivity contribution in [2.24, 2.45) is 0 Å². The number of nitrogens with one attached hydrogen (secondary N) is 1. The first-order valence-corrected chi connectivity index (χ1v) is 15.1. The van der Waals surface area contributed by atoms with Gasteiger partial charge in [0.05, 0.1) is 11.9 Å². The summed E-state index contributed by atoms with van der Waals surface area (Å²) in [6.45, 7) is 7.94. The number of amides is 2. The summed E-state index contributed by atoms with van der Waals surface area (Å²) in [5, 5.41) is 2.95. The number of hydrogen-bond acceptors (Lipinski definition) is 4. The van der Waals surface area contributed by atoms with Crippen molar-refractivity contribution in [3.63, 3.8) is 0 Å². The lowest BCUT2D eigenvalue weighted by Gasteiger charge is -2.33. The first-order valence-electron chi connectivity index (χ1n) is 13.2. The molecule has 0 aliphatic carbocycles. The Labute approximate surface area is 232 Å². The maximum absolute atomic E-state index is 14.1. The van der Waals surface area contributed by atoms with E-state index in [-0.39, 0.29) is 12.5 Å². The number of rotatable bonds is 12. The molecule has 208 valence electrons. The quantitative estimate of drug-likeness (QED) is 0.359. The fraction of sp³-hybridized carbons (Fsp3) is 0.355. The van der Waals surface area contributed by atoms with E-state index < -0.39 is 28.5 Å². The summed E-state index contributed by atoms with van der Waals surface area (Å²) in [6.07, 6.45) is 2.15. The third-order valence-corrected chi connectivity index (χ3v) is 7.57. The normalized spacial score (nSPS) is 12.0. The first-order chi connectivity index (χ1) is 18.5. The Bertz CT molecular complexity index is 1370. The minimum absolute atomic E-state index is 0.169. The predicted molar refractivity (Wildman–Crippen MR) is 157 cm³/mol. The fourth-order valence-electron chi connectivity index (χ4n) is 4.64. The van der Waals surface area contributed by atoms with Crippen LogP contribution in [0, 0.1) is 20.8 Å². The van der Waals surface area contributed by atoms with E-state index in [1.165, 1.54) is 4.90 Å². The van der Waals surface area contributed by atoms with Gasteiger partial charge in [-0.2, -0.15) is 0 Å². The molecule has 3 aromatic carbocycles. The maximum atomic E-state index is 14.1. The van der Waals surface area contributed by atoms with Gasteiger partial charge in [-0.05, 0) is 61.6 Å². The third kappa shape index (κ3) is 8.68. The van der Waals surface area contributed by atoms with E-state index in [1.54, 1.807) is 12.1 Å². The second-order valence-corrected chi connectivity index (χ2v) is 12.0. The predicted octanol–water partition coefficient (Wildman–Crippen LogP) is 4.54. The lowest BCUT2D eigenvalue weighted by molar-refractivity contribution is -0.140. The highest BCUT2D eigenvalue weighted by Gasteiger charge is 2.33. The monoisotopic (exact) mass is 549 g/mol. The highest BCUT2D eigenvalue weighted by Crippen LogP contribution is 2.23. The number of anilines is 1. The zero-order valence-electron chi connectivity index (χ0n) is 23.5. The number of nitrogens with zero attached hydrogens (tertiary/aromatic N) is 2. The molecule has 0 saturated heterocycles. The molecule has 0 bridgehead atoms. The summed E-state index contributed by atoms with van der Waals surface area (Å²) in [4.78, 5) is 29.1. The van der Waals surface area contributed by atoms with Crippen molar-refractivity contribution in [3.05, 3.63) is 101 Å². The van der Waals surface area contributed by atoms with Gasteiger partial charge >= 0.3 is 0 Å². The van der Waals surface area contributed by atoms with Crippen LogP contribution in [-0.2, 0) is 32.6 Å². The van der Waals surface area contributed by atoms with E-state index in [4.69, 9.17) is 0 Å². The SMILES string of the molecule is CCCNC(=O)[C@@H](Cc1ccccc1)N(Cc1cccc(C)c1)C(=O)CN(c1cc(C)cc(C)c1)S(C)(=O)=O. The molecule has 0 radical (unpaired) electrons. The van der Waals surface area contributed by atoms with Crippen molar-refractivity contribution >= 4 is 27.5 Å². The molecule has 1 atom stereocenters. The lowest BCUT2D eigenvalue weighted by atomic mass is 10.0. The van der Waals surface area contributed by atoms with Gasteiger partial charge < -0.3 is 10.2 Å². The molecule has 0 heterocycles. The molecule has 1 N–H and O–H groups in total. The zero-order chi connectivity index (χ0) is 28.6. The van der Waals surface area contributed by atoms with Crippen molar-refractivity contribution in [1.29, 1.82) is 0 Å². The van der Waals surface area contributed by atoms with Crippen LogP contribution in [-0.4, -0.2) is 50.5 Å². The zero-order valence-corrected chi connectivity index (χ0v) is 24.3. The first kappa shape index (κ1) is 29.9. The van der Waals surface area contributed by atoms with E-state index in [1.807, 2.05) is 88.4 Å². The van der Waals surface area contributed by atoms with Gasteiger partial charge in [0, 0.05) is 19.5 Å². The number of carbonyl (C=O) groups is 2. The van der Waals surface area contributed by atoms with Crippen LogP contribution in [0.4, 0.5) is 5.69 Å². The number of sulfonamides is 1. The third-order valence-electron chi connectivity index (χ3n) is 6.43. The molecule has 0 saturated carbocycles. The van der Waals surface area contributed by atoms with Gasteiger partial charge in [-0.25, -0.2) is 8.42 Å². The minimum Gasteiger partial charge on any atom is -0.354 e. The molecule has 2 amide bonds. The van der Waals surface area contributed by atoms with E-state index in [9.17, 15) is 18.0 Å². The van der Waals surface area contributed by atoms with Crippen LogP contribution in [0.25, 0.3) is 0 Å². The lowest BCUT2D eigenvalue weighted by Crippen LogP contribution is -2.53. The average Bonchev–Trinajstić information content (AvgIpc) is 2.87. The summed E-state index contributed by atoms with van der Waals surface area (Å²) < 4.78 is 27.0. The average molecular weight is 550 g/mol. The molecule has 0 aliphatic rings. The molecule has 39 heavy (non-hydrogen) atoms. The van der Waals surface area contributed by atoms with Crippen LogP contribution in [0.15, 0.2) is 72.8 Å². The molecule has 0 aliphatic heterocycles. The summed E-state index contributed by atoms with van der Waals surface area (Å²) in [7, 11) is -3.79. The second-order valence-electron chi connectivity index (χ2n) is 10.1. The van der Waals surface area contributed by atoms with Crippen LogP contribution < -0.4 is 9.62 Å². The van der Waals surface area contributed by atoms with Gasteiger partial charge in [0.1, 0.15) is 12.6 Å². The Morgan fingerprint density at radius 1 is 0.846 bits per heavy atom. The van der Waals surface area contributed by atoms with Crippen molar-refractivity contribution in [2.75, 3.05) is 23.7 Å². The van der Waals surface area contributed by atoms with Gasteiger partial charge in [0.25, 0.3) is 0 Å². The second kappa shape index (κ2) is 13.4.